The Morgan fingerprint density at radius 1 is 1.41 bits per heavy atom. The second-order valence-corrected chi connectivity index (χ2v) is 7.39. The quantitative estimate of drug-likeness (QED) is 0.333. The summed E-state index contributed by atoms with van der Waals surface area (Å²) < 4.78 is 13.5. The molecule has 12 heteroatoms. The van der Waals surface area contributed by atoms with E-state index in [2.05, 4.69) is 25.2 Å². The van der Waals surface area contributed by atoms with Crippen LogP contribution in [0.3, 0.4) is 0 Å². The molecule has 29 heavy (non-hydrogen) atoms. The average Bonchev–Trinajstić information content (AvgIpc) is 3.29. The van der Waals surface area contributed by atoms with Crippen LogP contribution < -0.4 is 5.73 Å². The van der Waals surface area contributed by atoms with Crippen LogP contribution in [0, 0.1) is 10.1 Å². The molecule has 0 unspecified atom stereocenters. The molecular formula is C17H17N6O5Si. The standard InChI is InChI=1S/C17H17N6O5Si/c18-15-14-16(20-8-19-15)22(9-21-14)17(29)5-12(13(6-24)28-17)27-7-10-3-1-2-4-11(10)23(25)26/h1-4,8-9,12-13,24H,5-7H2,(H2,18,19,20)/t12-,13+,17-/m0/s1. The number of aromatic nitrogens is 4. The number of anilines is 1. The summed E-state index contributed by atoms with van der Waals surface area (Å²) in [7, 11) is 3.63. The lowest BCUT2D eigenvalue weighted by Crippen LogP contribution is -2.34. The number of hydrogen-bond acceptors (Lipinski definition) is 9. The molecule has 3 N–H and O–H groups in total. The Morgan fingerprint density at radius 3 is 2.97 bits per heavy atom. The van der Waals surface area contributed by atoms with Crippen molar-refractivity contribution in [3.63, 3.8) is 0 Å². The monoisotopic (exact) mass is 413 g/mol. The van der Waals surface area contributed by atoms with Crippen molar-refractivity contribution in [2.45, 2.75) is 30.6 Å². The first-order valence-corrected chi connectivity index (χ1v) is 9.24. The lowest BCUT2D eigenvalue weighted by Gasteiger charge is -2.26. The lowest BCUT2D eigenvalue weighted by atomic mass is 10.1. The molecule has 1 aliphatic rings. The van der Waals surface area contributed by atoms with Crippen LogP contribution in [0.2, 0.25) is 0 Å². The summed E-state index contributed by atoms with van der Waals surface area (Å²) in [5.41, 5.74) is 7.15. The number of para-hydroxylation sites is 1. The van der Waals surface area contributed by atoms with Crippen LogP contribution in [0.1, 0.15) is 12.0 Å². The van der Waals surface area contributed by atoms with Gasteiger partial charge in [-0.1, -0.05) is 12.1 Å². The summed E-state index contributed by atoms with van der Waals surface area (Å²) in [5, 5.41) is 19.9. The minimum Gasteiger partial charge on any atom is -0.394 e. The van der Waals surface area contributed by atoms with Crippen LogP contribution in [0.25, 0.3) is 11.2 Å². The van der Waals surface area contributed by atoms with Crippen molar-refractivity contribution in [3.05, 3.63) is 52.6 Å². The number of nitro groups is 1. The Bertz CT molecular complexity index is 1060. The van der Waals surface area contributed by atoms with Gasteiger partial charge >= 0.3 is 0 Å². The molecule has 3 radical (unpaired) electrons. The van der Waals surface area contributed by atoms with Crippen molar-refractivity contribution in [1.29, 1.82) is 0 Å². The van der Waals surface area contributed by atoms with Crippen LogP contribution in [0.15, 0.2) is 36.9 Å². The number of benzene rings is 1. The fraction of sp³-hybridized carbons (Fsp3) is 0.353. The third-order valence-corrected chi connectivity index (χ3v) is 5.37. The highest BCUT2D eigenvalue weighted by Gasteiger charge is 2.46. The van der Waals surface area contributed by atoms with Gasteiger partial charge in [0.2, 0.25) is 0 Å². The number of fused-ring (bicyclic) bond motifs is 1. The zero-order chi connectivity index (χ0) is 20.6. The third-order valence-electron chi connectivity index (χ3n) is 4.81. The van der Waals surface area contributed by atoms with Gasteiger partial charge in [0, 0.05) is 12.5 Å². The molecule has 3 aromatic rings. The molecule has 0 bridgehead atoms. The predicted molar refractivity (Wildman–Crippen MR) is 102 cm³/mol. The topological polar surface area (TPSA) is 151 Å². The molecule has 0 saturated carbocycles. The van der Waals surface area contributed by atoms with Gasteiger partial charge in [0.15, 0.2) is 11.5 Å². The van der Waals surface area contributed by atoms with Crippen LogP contribution in [0.5, 0.6) is 0 Å². The Labute approximate surface area is 168 Å². The van der Waals surface area contributed by atoms with Gasteiger partial charge in [0.1, 0.15) is 33.5 Å². The number of aliphatic hydroxyl groups is 1. The minimum absolute atomic E-state index is 0.00375. The number of nitro benzene ring substituents is 1. The van der Waals surface area contributed by atoms with Crippen molar-refractivity contribution in [2.75, 3.05) is 12.3 Å². The van der Waals surface area contributed by atoms with Crippen molar-refractivity contribution >= 4 is 32.9 Å². The maximum absolute atomic E-state index is 11.2. The molecule has 149 valence electrons. The van der Waals surface area contributed by atoms with Crippen LogP contribution in [-0.4, -0.2) is 58.6 Å². The van der Waals surface area contributed by atoms with Crippen molar-refractivity contribution in [1.82, 2.24) is 19.5 Å². The highest BCUT2D eigenvalue weighted by molar-refractivity contribution is 6.13. The molecular weight excluding hydrogens is 396 g/mol. The number of aliphatic hydroxyl groups excluding tert-OH is 1. The van der Waals surface area contributed by atoms with E-state index in [0.29, 0.717) is 23.1 Å². The Kier molecular flexibility index (Phi) is 5.00. The maximum atomic E-state index is 11.2. The normalized spacial score (nSPS) is 24.2. The summed E-state index contributed by atoms with van der Waals surface area (Å²) in [6, 6.07) is 6.35. The molecule has 3 atom stereocenters. The van der Waals surface area contributed by atoms with E-state index in [1.165, 1.54) is 18.7 Å². The largest absolute Gasteiger partial charge is 0.394 e. The number of nitrogens with zero attached hydrogens (tertiary/aromatic N) is 5. The summed E-state index contributed by atoms with van der Waals surface area (Å²) in [6.45, 7) is -0.290. The summed E-state index contributed by atoms with van der Waals surface area (Å²) in [4.78, 5) is 23.1. The van der Waals surface area contributed by atoms with Gasteiger partial charge in [-0.2, -0.15) is 0 Å². The number of nitrogens with two attached hydrogens (primary N) is 1. The van der Waals surface area contributed by atoms with E-state index >= 15 is 0 Å². The van der Waals surface area contributed by atoms with Crippen LogP contribution in [-0.2, 0) is 21.4 Å². The van der Waals surface area contributed by atoms with E-state index < -0.39 is 22.5 Å². The summed E-state index contributed by atoms with van der Waals surface area (Å²) in [6.07, 6.45) is 1.94. The van der Waals surface area contributed by atoms with Gasteiger partial charge in [0.25, 0.3) is 5.69 Å². The van der Waals surface area contributed by atoms with Gasteiger partial charge in [-0.3, -0.25) is 14.7 Å². The first kappa shape index (κ1) is 19.4. The second kappa shape index (κ2) is 7.48. The lowest BCUT2D eigenvalue weighted by molar-refractivity contribution is -0.386. The van der Waals surface area contributed by atoms with Gasteiger partial charge in [-0.25, -0.2) is 15.0 Å². The summed E-state index contributed by atoms with van der Waals surface area (Å²) >= 11 is 0. The smallest absolute Gasteiger partial charge is 0.274 e. The molecule has 1 aromatic carbocycles. The average molecular weight is 413 g/mol. The number of imidazole rings is 1. The number of hydrogen-bond donors (Lipinski definition) is 2. The molecule has 3 heterocycles. The third kappa shape index (κ3) is 3.46. The first-order chi connectivity index (χ1) is 13.9. The van der Waals surface area contributed by atoms with E-state index in [9.17, 15) is 15.2 Å². The molecule has 0 amide bonds. The molecule has 1 saturated heterocycles. The number of ether oxygens (including phenoxy) is 2. The Morgan fingerprint density at radius 2 is 2.21 bits per heavy atom. The van der Waals surface area contributed by atoms with Gasteiger partial charge < -0.3 is 20.3 Å². The SMILES string of the molecule is Nc1ncnc2c1ncn2[C@@]1([Si])C[C@H](OCc2ccccc2[N+](=O)[O-])[C@@H](CO)O1. The van der Waals surface area contributed by atoms with Gasteiger partial charge in [-0.15, -0.1) is 0 Å². The molecule has 0 aliphatic carbocycles. The first-order valence-electron chi connectivity index (χ1n) is 8.74. The van der Waals surface area contributed by atoms with E-state index in [4.69, 9.17) is 15.2 Å². The fourth-order valence-electron chi connectivity index (χ4n) is 3.38. The molecule has 1 aliphatic heterocycles. The number of nitrogen functional groups attached to an aromatic ring is 1. The predicted octanol–water partition coefficient (Wildman–Crippen LogP) is 0.462. The molecule has 1 fully saturated rings. The number of rotatable bonds is 6. The second-order valence-electron chi connectivity index (χ2n) is 6.61. The Balaban J connectivity index is 1.57. The van der Waals surface area contributed by atoms with E-state index in [0.717, 1.165) is 0 Å². The highest BCUT2D eigenvalue weighted by atomic mass is 28.1. The van der Waals surface area contributed by atoms with E-state index in [1.54, 1.807) is 22.8 Å². The zero-order valence-corrected chi connectivity index (χ0v) is 16.1. The van der Waals surface area contributed by atoms with E-state index in [-0.39, 0.29) is 24.7 Å². The molecule has 2 aromatic heterocycles. The van der Waals surface area contributed by atoms with Crippen molar-refractivity contribution < 1.29 is 19.5 Å². The van der Waals surface area contributed by atoms with Gasteiger partial charge in [-0.05, 0) is 6.07 Å². The van der Waals surface area contributed by atoms with Crippen LogP contribution in [0.4, 0.5) is 11.5 Å². The minimum atomic E-state index is -1.09. The van der Waals surface area contributed by atoms with Crippen molar-refractivity contribution in [2.24, 2.45) is 0 Å². The molecule has 4 rings (SSSR count). The van der Waals surface area contributed by atoms with E-state index in [1.807, 2.05) is 0 Å². The highest BCUT2D eigenvalue weighted by Crippen LogP contribution is 2.36. The Hall–Kier alpha value is -2.93. The maximum Gasteiger partial charge on any atom is 0.274 e. The van der Waals surface area contributed by atoms with Gasteiger partial charge in [0.05, 0.1) is 36.1 Å². The molecule has 0 spiro atoms. The zero-order valence-electron chi connectivity index (χ0n) is 15.1. The van der Waals surface area contributed by atoms with Crippen molar-refractivity contribution in [3.8, 4) is 0 Å². The van der Waals surface area contributed by atoms with Crippen LogP contribution >= 0.6 is 0 Å². The summed E-state index contributed by atoms with van der Waals surface area (Å²) in [5.74, 6) is 0.241. The molecule has 11 nitrogen and oxygen atoms in total. The fourth-order valence-corrected chi connectivity index (χ4v) is 3.90.